The van der Waals surface area contributed by atoms with Gasteiger partial charge in [-0.2, -0.15) is 0 Å². The van der Waals surface area contributed by atoms with Crippen molar-refractivity contribution in [1.82, 2.24) is 0 Å². The summed E-state index contributed by atoms with van der Waals surface area (Å²) in [6.45, 7) is -0.923. The lowest BCUT2D eigenvalue weighted by Crippen LogP contribution is -2.57. The van der Waals surface area contributed by atoms with E-state index in [-0.39, 0.29) is 11.1 Å². The molecule has 0 saturated carbocycles. The Bertz CT molecular complexity index is 600. The maximum atomic E-state index is 12.5. The van der Waals surface area contributed by atoms with Crippen LogP contribution in [-0.4, -0.2) is 45.2 Å². The molecule has 0 aliphatic heterocycles. The Morgan fingerprint density at radius 2 is 1.23 bits per heavy atom. The fraction of sp³-hybridized carbons (Fsp3) is 0.176. The molecule has 0 spiro atoms. The highest BCUT2D eigenvalue weighted by Gasteiger charge is 2.50. The first-order valence-corrected chi connectivity index (χ1v) is 6.72. The predicted molar refractivity (Wildman–Crippen MR) is 79.6 cm³/mol. The van der Waals surface area contributed by atoms with Gasteiger partial charge in [0.05, 0.1) is 6.61 Å². The van der Waals surface area contributed by atoms with Crippen LogP contribution in [0, 0.1) is 0 Å². The van der Waals surface area contributed by atoms with Crippen LogP contribution >= 0.6 is 0 Å². The molecule has 0 bridgehead atoms. The third-order valence-electron chi connectivity index (χ3n) is 3.42. The van der Waals surface area contributed by atoms with Crippen LogP contribution in [0.2, 0.25) is 0 Å². The van der Waals surface area contributed by atoms with Crippen LogP contribution in [0.4, 0.5) is 0 Å². The Kier molecular flexibility index (Phi) is 4.82. The van der Waals surface area contributed by atoms with Gasteiger partial charge in [0.25, 0.3) is 0 Å². The summed E-state index contributed by atoms with van der Waals surface area (Å²) in [5.74, 6) is -1.91. The van der Waals surface area contributed by atoms with Gasteiger partial charge in [0, 0.05) is 11.1 Å². The van der Waals surface area contributed by atoms with Crippen molar-refractivity contribution in [2.75, 3.05) is 6.61 Å². The predicted octanol–water partition coefficient (Wildman–Crippen LogP) is 0.836. The van der Waals surface area contributed by atoms with E-state index in [9.17, 15) is 19.8 Å². The van der Waals surface area contributed by atoms with Gasteiger partial charge >= 0.3 is 0 Å². The first-order chi connectivity index (χ1) is 10.5. The zero-order valence-corrected chi connectivity index (χ0v) is 11.7. The Hall–Kier alpha value is -2.34. The second-order valence-corrected chi connectivity index (χ2v) is 4.86. The molecule has 1 atom stereocenters. The minimum Gasteiger partial charge on any atom is -0.394 e. The molecular weight excluding hydrogens is 284 g/mol. The summed E-state index contributed by atoms with van der Waals surface area (Å²) >= 11 is 0. The van der Waals surface area contributed by atoms with Crippen LogP contribution in [-0.2, 0) is 0 Å². The van der Waals surface area contributed by atoms with Crippen molar-refractivity contribution < 1.29 is 24.9 Å². The minimum atomic E-state index is -2.74. The number of ketones is 2. The van der Waals surface area contributed by atoms with Gasteiger partial charge in [-0.25, -0.2) is 0 Å². The Morgan fingerprint density at radius 1 is 0.864 bits per heavy atom. The summed E-state index contributed by atoms with van der Waals surface area (Å²) < 4.78 is 0. The van der Waals surface area contributed by atoms with Crippen LogP contribution in [0.5, 0.6) is 0 Å². The van der Waals surface area contributed by atoms with E-state index in [2.05, 4.69) is 0 Å². The van der Waals surface area contributed by atoms with E-state index >= 15 is 0 Å². The summed E-state index contributed by atoms with van der Waals surface area (Å²) in [6, 6.07) is 15.4. The van der Waals surface area contributed by atoms with Crippen molar-refractivity contribution in [3.63, 3.8) is 0 Å². The molecule has 114 valence electrons. The van der Waals surface area contributed by atoms with E-state index in [1.807, 2.05) is 0 Å². The molecule has 22 heavy (non-hydrogen) atoms. The summed E-state index contributed by atoms with van der Waals surface area (Å²) in [5.41, 5.74) is -2.60. The normalized spacial score (nSPS) is 12.7. The van der Waals surface area contributed by atoms with Crippen LogP contribution < -0.4 is 0 Å². The molecule has 1 unspecified atom stereocenters. The van der Waals surface area contributed by atoms with E-state index in [1.54, 1.807) is 36.4 Å². The van der Waals surface area contributed by atoms with E-state index in [1.165, 1.54) is 24.3 Å². The maximum absolute atomic E-state index is 12.5. The van der Waals surface area contributed by atoms with Crippen molar-refractivity contribution in [1.29, 1.82) is 0 Å². The number of aliphatic hydroxyl groups is 3. The molecule has 2 aromatic rings. The SMILES string of the molecule is O=C(c1ccccc1)C(O)(C(=O)c1ccccc1)C(O)CO. The Morgan fingerprint density at radius 3 is 1.55 bits per heavy atom. The maximum Gasteiger partial charge on any atom is 0.219 e. The number of rotatable bonds is 6. The Labute approximate surface area is 127 Å². The van der Waals surface area contributed by atoms with E-state index in [0.717, 1.165) is 0 Å². The number of hydrogen-bond acceptors (Lipinski definition) is 5. The second kappa shape index (κ2) is 6.62. The zero-order valence-electron chi connectivity index (χ0n) is 11.7. The van der Waals surface area contributed by atoms with Gasteiger partial charge in [0.15, 0.2) is 0 Å². The smallest absolute Gasteiger partial charge is 0.219 e. The molecule has 2 aromatic carbocycles. The molecule has 3 N–H and O–H groups in total. The molecule has 5 nitrogen and oxygen atoms in total. The number of carbonyl (C=O) groups is 2. The molecule has 0 radical (unpaired) electrons. The lowest BCUT2D eigenvalue weighted by molar-refractivity contribution is -0.0523. The molecule has 0 heterocycles. The van der Waals surface area contributed by atoms with Gasteiger partial charge in [-0.15, -0.1) is 0 Å². The Balaban J connectivity index is 2.49. The number of aliphatic hydroxyl groups excluding tert-OH is 2. The summed E-state index contributed by atoms with van der Waals surface area (Å²) in [4.78, 5) is 25.1. The third kappa shape index (κ3) is 2.82. The molecule has 5 heteroatoms. The molecule has 0 saturated heterocycles. The average molecular weight is 300 g/mol. The second-order valence-electron chi connectivity index (χ2n) is 4.86. The van der Waals surface area contributed by atoms with Gasteiger partial charge in [0.2, 0.25) is 17.2 Å². The van der Waals surface area contributed by atoms with Crippen LogP contribution in [0.3, 0.4) is 0 Å². The topological polar surface area (TPSA) is 94.8 Å². The van der Waals surface area contributed by atoms with Gasteiger partial charge in [-0.1, -0.05) is 60.7 Å². The molecule has 0 aromatic heterocycles. The zero-order chi connectivity index (χ0) is 16.2. The highest BCUT2D eigenvalue weighted by molar-refractivity contribution is 6.22. The number of hydrogen-bond donors (Lipinski definition) is 3. The minimum absolute atomic E-state index is 0.0711. The first-order valence-electron chi connectivity index (χ1n) is 6.72. The first kappa shape index (κ1) is 16.0. The molecule has 0 fully saturated rings. The molecular formula is C17H16O5. The van der Waals surface area contributed by atoms with Crippen molar-refractivity contribution in [2.24, 2.45) is 0 Å². The summed E-state index contributed by atoms with van der Waals surface area (Å²) in [6.07, 6.45) is -1.92. The van der Waals surface area contributed by atoms with Gasteiger partial charge < -0.3 is 15.3 Å². The van der Waals surface area contributed by atoms with Crippen LogP contribution in [0.1, 0.15) is 20.7 Å². The lowest BCUT2D eigenvalue weighted by Gasteiger charge is -2.29. The fourth-order valence-corrected chi connectivity index (χ4v) is 2.16. The quantitative estimate of drug-likeness (QED) is 0.543. The molecule has 0 amide bonds. The highest BCUT2D eigenvalue weighted by Crippen LogP contribution is 2.23. The van der Waals surface area contributed by atoms with Crippen molar-refractivity contribution in [3.05, 3.63) is 71.8 Å². The van der Waals surface area contributed by atoms with Crippen molar-refractivity contribution in [3.8, 4) is 0 Å². The number of carbonyl (C=O) groups excluding carboxylic acids is 2. The molecule has 2 rings (SSSR count). The average Bonchev–Trinajstić information content (AvgIpc) is 2.60. The van der Waals surface area contributed by atoms with E-state index in [4.69, 9.17) is 5.11 Å². The highest BCUT2D eigenvalue weighted by atomic mass is 16.4. The largest absolute Gasteiger partial charge is 0.394 e. The summed E-state index contributed by atoms with van der Waals surface area (Å²) in [7, 11) is 0. The molecule has 0 aliphatic carbocycles. The standard InChI is InChI=1S/C17H16O5/c18-11-14(19)17(22,15(20)12-7-3-1-4-8-12)16(21)13-9-5-2-6-10-13/h1-10,14,18-19,22H,11H2. The van der Waals surface area contributed by atoms with Gasteiger partial charge in [-0.3, -0.25) is 9.59 Å². The van der Waals surface area contributed by atoms with Crippen LogP contribution in [0.15, 0.2) is 60.7 Å². The van der Waals surface area contributed by atoms with Crippen molar-refractivity contribution >= 4 is 11.6 Å². The third-order valence-corrected chi connectivity index (χ3v) is 3.42. The van der Waals surface area contributed by atoms with E-state index in [0.29, 0.717) is 0 Å². The number of benzene rings is 2. The lowest BCUT2D eigenvalue weighted by atomic mass is 9.81. The summed E-state index contributed by atoms with van der Waals surface area (Å²) in [5, 5.41) is 29.7. The van der Waals surface area contributed by atoms with Gasteiger partial charge in [0.1, 0.15) is 6.10 Å². The molecule has 0 aliphatic rings. The van der Waals surface area contributed by atoms with E-state index < -0.39 is 29.9 Å². The van der Waals surface area contributed by atoms with Crippen molar-refractivity contribution in [2.45, 2.75) is 11.7 Å². The monoisotopic (exact) mass is 300 g/mol. The van der Waals surface area contributed by atoms with Crippen LogP contribution in [0.25, 0.3) is 0 Å². The fourth-order valence-electron chi connectivity index (χ4n) is 2.16. The van der Waals surface area contributed by atoms with Gasteiger partial charge in [-0.05, 0) is 0 Å². The number of Topliss-reactive ketones (excluding diaryl/α,β-unsaturated/α-hetero) is 2.